The summed E-state index contributed by atoms with van der Waals surface area (Å²) in [5.41, 5.74) is 2.15. The lowest BCUT2D eigenvalue weighted by Gasteiger charge is -2.18. The van der Waals surface area contributed by atoms with Crippen molar-refractivity contribution in [3.05, 3.63) is 59.1 Å². The molecular weight excluding hydrogens is 409 g/mol. The Balaban J connectivity index is 0.00000338. The number of anilines is 1. The summed E-state index contributed by atoms with van der Waals surface area (Å²) in [4.78, 5) is 13.0. The Morgan fingerprint density at radius 3 is 2.37 bits per heavy atom. The lowest BCUT2D eigenvalue weighted by Crippen LogP contribution is -2.25. The number of carbonyl (C=O) groups is 1. The average molecular weight is 435 g/mol. The molecule has 0 aliphatic heterocycles. The first kappa shape index (κ1) is 25.3. The van der Waals surface area contributed by atoms with E-state index in [-0.39, 0.29) is 36.9 Å². The van der Waals surface area contributed by atoms with Gasteiger partial charge in [0.15, 0.2) is 0 Å². The molecule has 0 fully saturated rings. The Morgan fingerprint density at radius 1 is 1.15 bits per heavy atom. The van der Waals surface area contributed by atoms with E-state index in [1.807, 2.05) is 55.6 Å². The van der Waals surface area contributed by atoms with Crippen LogP contribution in [0.3, 0.4) is 0 Å². The number of rotatable bonds is 7. The Hall–Kier alpha value is -1.66. The van der Waals surface area contributed by atoms with Crippen molar-refractivity contribution >= 4 is 48.2 Å². The van der Waals surface area contributed by atoms with Gasteiger partial charge >= 0.3 is 6.09 Å². The summed E-state index contributed by atoms with van der Waals surface area (Å²) < 4.78 is 5.24. The maximum atomic E-state index is 11.6. The number of carbonyl (C=O) groups excluding carboxylic acids is 1. The number of nitrogens with zero attached hydrogens (tertiary/aromatic N) is 1. The minimum Gasteiger partial charge on any atom is -0.410 e. The van der Waals surface area contributed by atoms with Crippen LogP contribution in [0.1, 0.15) is 18.0 Å². The van der Waals surface area contributed by atoms with E-state index >= 15 is 0 Å². The summed E-state index contributed by atoms with van der Waals surface area (Å²) in [7, 11) is 5.24. The van der Waals surface area contributed by atoms with Crippen LogP contribution in [0, 0.1) is 0 Å². The molecule has 0 radical (unpaired) electrons. The third kappa shape index (κ3) is 8.26. The fraction of sp³-hybridized carbons (Fsp3) is 0.316. The van der Waals surface area contributed by atoms with Gasteiger partial charge in [-0.1, -0.05) is 29.8 Å². The molecule has 2 aromatic carbocycles. The lowest BCUT2D eigenvalue weighted by molar-refractivity contribution is 0.172. The van der Waals surface area contributed by atoms with Crippen molar-refractivity contribution in [2.24, 2.45) is 0 Å². The number of nitrogens with one attached hydrogen (secondary N) is 2. The minimum atomic E-state index is -0.386. The average Bonchev–Trinajstić information content (AvgIpc) is 2.59. The zero-order chi connectivity index (χ0) is 18.2. The predicted octanol–water partition coefficient (Wildman–Crippen LogP) is 5.01. The molecule has 1 amide bonds. The SMILES string of the molecule is CNC(CCNc1cccc(Cl)c1)c1ccc(OC(=O)N(C)C)cc1.Cl.Cl. The molecule has 1 unspecified atom stereocenters. The smallest absolute Gasteiger partial charge is 0.410 e. The molecule has 0 aliphatic rings. The van der Waals surface area contributed by atoms with E-state index < -0.39 is 0 Å². The Morgan fingerprint density at radius 2 is 1.81 bits per heavy atom. The van der Waals surface area contributed by atoms with Gasteiger partial charge in [0.25, 0.3) is 0 Å². The fourth-order valence-electron chi connectivity index (χ4n) is 2.40. The van der Waals surface area contributed by atoms with E-state index in [9.17, 15) is 4.79 Å². The van der Waals surface area contributed by atoms with Crippen LogP contribution in [0.2, 0.25) is 5.02 Å². The zero-order valence-electron chi connectivity index (χ0n) is 15.6. The molecule has 0 bridgehead atoms. The highest BCUT2D eigenvalue weighted by Crippen LogP contribution is 2.21. The van der Waals surface area contributed by atoms with Gasteiger partial charge in [0.05, 0.1) is 0 Å². The van der Waals surface area contributed by atoms with Crippen LogP contribution in [0.25, 0.3) is 0 Å². The van der Waals surface area contributed by atoms with Gasteiger partial charge < -0.3 is 20.3 Å². The van der Waals surface area contributed by atoms with Crippen LogP contribution in [0.15, 0.2) is 48.5 Å². The first-order valence-electron chi connectivity index (χ1n) is 8.15. The van der Waals surface area contributed by atoms with Gasteiger partial charge in [0.2, 0.25) is 0 Å². The van der Waals surface area contributed by atoms with Gasteiger partial charge in [-0.05, 0) is 49.4 Å². The molecule has 2 N–H and O–H groups in total. The molecule has 150 valence electrons. The van der Waals surface area contributed by atoms with Crippen LogP contribution in [0.5, 0.6) is 5.75 Å². The second-order valence-corrected chi connectivity index (χ2v) is 6.33. The molecule has 1 atom stereocenters. The first-order valence-corrected chi connectivity index (χ1v) is 8.53. The van der Waals surface area contributed by atoms with E-state index in [1.54, 1.807) is 14.1 Å². The van der Waals surface area contributed by atoms with Gasteiger partial charge in [0.1, 0.15) is 5.75 Å². The van der Waals surface area contributed by atoms with Crippen LogP contribution in [0.4, 0.5) is 10.5 Å². The molecule has 0 aliphatic carbocycles. The number of benzene rings is 2. The van der Waals surface area contributed by atoms with Gasteiger partial charge in [-0.15, -0.1) is 24.8 Å². The molecule has 8 heteroatoms. The van der Waals surface area contributed by atoms with Crippen molar-refractivity contribution in [3.8, 4) is 5.75 Å². The van der Waals surface area contributed by atoms with Crippen molar-refractivity contribution in [1.29, 1.82) is 0 Å². The highest BCUT2D eigenvalue weighted by atomic mass is 35.5. The van der Waals surface area contributed by atoms with Crippen LogP contribution >= 0.6 is 36.4 Å². The number of amides is 1. The molecule has 0 saturated heterocycles. The monoisotopic (exact) mass is 433 g/mol. The number of ether oxygens (including phenoxy) is 1. The topological polar surface area (TPSA) is 53.6 Å². The van der Waals surface area contributed by atoms with Crippen LogP contribution in [-0.2, 0) is 0 Å². The van der Waals surface area contributed by atoms with Gasteiger partial charge in [-0.3, -0.25) is 0 Å². The quantitative estimate of drug-likeness (QED) is 0.643. The van der Waals surface area contributed by atoms with Crippen LogP contribution < -0.4 is 15.4 Å². The summed E-state index contributed by atoms with van der Waals surface area (Å²) in [5, 5.41) is 7.40. The molecule has 2 aromatic rings. The third-order valence-electron chi connectivity index (χ3n) is 3.79. The number of hydrogen-bond acceptors (Lipinski definition) is 4. The lowest BCUT2D eigenvalue weighted by atomic mass is 10.0. The van der Waals surface area contributed by atoms with Gasteiger partial charge in [0, 0.05) is 37.4 Å². The second kappa shape index (κ2) is 12.7. The fourth-order valence-corrected chi connectivity index (χ4v) is 2.59. The molecule has 0 spiro atoms. The van der Waals surface area contributed by atoms with Gasteiger partial charge in [-0.25, -0.2) is 4.79 Å². The van der Waals surface area contributed by atoms with E-state index in [0.29, 0.717) is 5.75 Å². The van der Waals surface area contributed by atoms with Gasteiger partial charge in [-0.2, -0.15) is 0 Å². The summed E-state index contributed by atoms with van der Waals surface area (Å²) in [5.74, 6) is 0.536. The molecule has 27 heavy (non-hydrogen) atoms. The van der Waals surface area contributed by atoms with E-state index in [1.165, 1.54) is 4.90 Å². The van der Waals surface area contributed by atoms with Crippen molar-refractivity contribution in [1.82, 2.24) is 10.2 Å². The minimum absolute atomic E-state index is 0. The van der Waals surface area contributed by atoms with E-state index in [0.717, 1.165) is 29.2 Å². The highest BCUT2D eigenvalue weighted by molar-refractivity contribution is 6.30. The number of halogens is 3. The van der Waals surface area contributed by atoms with Crippen molar-refractivity contribution in [3.63, 3.8) is 0 Å². The maximum absolute atomic E-state index is 11.6. The predicted molar refractivity (Wildman–Crippen MR) is 117 cm³/mol. The zero-order valence-corrected chi connectivity index (χ0v) is 18.0. The molecular formula is C19H26Cl3N3O2. The largest absolute Gasteiger partial charge is 0.414 e. The summed E-state index contributed by atoms with van der Waals surface area (Å²) in [6, 6.07) is 15.4. The summed E-state index contributed by atoms with van der Waals surface area (Å²) in [6.07, 6.45) is 0.517. The van der Waals surface area contributed by atoms with Crippen molar-refractivity contribution < 1.29 is 9.53 Å². The van der Waals surface area contributed by atoms with Crippen molar-refractivity contribution in [2.75, 3.05) is 33.0 Å². The van der Waals surface area contributed by atoms with E-state index in [4.69, 9.17) is 16.3 Å². The standard InChI is InChI=1S/C19H24ClN3O2.2ClH/c1-21-18(11-12-22-16-6-4-5-15(20)13-16)14-7-9-17(10-8-14)25-19(24)23(2)3;;/h4-10,13,18,21-22H,11-12H2,1-3H3;2*1H. The Labute approximate surface area is 178 Å². The normalized spacial score (nSPS) is 10.8. The molecule has 0 saturated carbocycles. The van der Waals surface area contributed by atoms with E-state index in [2.05, 4.69) is 10.6 Å². The molecule has 0 heterocycles. The first-order chi connectivity index (χ1) is 12.0. The molecule has 0 aromatic heterocycles. The third-order valence-corrected chi connectivity index (χ3v) is 4.02. The Kier molecular flexibility index (Phi) is 11.9. The second-order valence-electron chi connectivity index (χ2n) is 5.90. The Bertz CT molecular complexity index is 697. The highest BCUT2D eigenvalue weighted by Gasteiger charge is 2.11. The summed E-state index contributed by atoms with van der Waals surface area (Å²) >= 11 is 5.99. The van der Waals surface area contributed by atoms with Crippen molar-refractivity contribution in [2.45, 2.75) is 12.5 Å². The van der Waals surface area contributed by atoms with Crippen LogP contribution in [-0.4, -0.2) is 38.7 Å². The number of hydrogen-bond donors (Lipinski definition) is 2. The molecule has 2 rings (SSSR count). The molecule has 5 nitrogen and oxygen atoms in total. The summed E-state index contributed by atoms with van der Waals surface area (Å²) in [6.45, 7) is 0.809. The maximum Gasteiger partial charge on any atom is 0.414 e.